The summed E-state index contributed by atoms with van der Waals surface area (Å²) in [6.07, 6.45) is 1.74. The Morgan fingerprint density at radius 2 is 2.11 bits per heavy atom. The summed E-state index contributed by atoms with van der Waals surface area (Å²) in [6, 6.07) is 4.19. The molecule has 18 heavy (non-hydrogen) atoms. The summed E-state index contributed by atoms with van der Waals surface area (Å²) in [7, 11) is -2.82. The molecule has 6 heteroatoms. The lowest BCUT2D eigenvalue weighted by atomic mass is 9.75. The smallest absolute Gasteiger partial charge is 0.150 e. The third-order valence-corrected chi connectivity index (χ3v) is 8.61. The first-order chi connectivity index (χ1) is 8.51. The van der Waals surface area contributed by atoms with Crippen LogP contribution in [0.3, 0.4) is 0 Å². The van der Waals surface area contributed by atoms with Gasteiger partial charge in [0.05, 0.1) is 11.5 Å². The van der Waals surface area contributed by atoms with Gasteiger partial charge in [0.1, 0.15) is 0 Å². The van der Waals surface area contributed by atoms with Crippen molar-refractivity contribution in [3.8, 4) is 0 Å². The second kappa shape index (κ2) is 5.94. The van der Waals surface area contributed by atoms with Crippen LogP contribution in [0.15, 0.2) is 17.5 Å². The first-order valence-electron chi connectivity index (χ1n) is 5.86. The summed E-state index contributed by atoms with van der Waals surface area (Å²) in [5, 5.41) is 3.75. The Morgan fingerprint density at radius 1 is 1.39 bits per heavy atom. The normalized spacial score (nSPS) is 23.3. The Kier molecular flexibility index (Phi) is 4.95. The van der Waals surface area contributed by atoms with Crippen molar-refractivity contribution in [2.75, 3.05) is 22.2 Å². The first-order valence-corrected chi connectivity index (χ1v) is 10.8. The van der Waals surface area contributed by atoms with Crippen molar-refractivity contribution in [3.63, 3.8) is 0 Å². The van der Waals surface area contributed by atoms with Crippen molar-refractivity contribution in [3.05, 3.63) is 22.4 Å². The van der Waals surface area contributed by atoms with E-state index < -0.39 is 9.84 Å². The molecule has 2 heterocycles. The molecule has 1 atom stereocenters. The minimum Gasteiger partial charge on any atom is -0.229 e. The average Bonchev–Trinajstić information content (AvgIpc) is 2.95. The van der Waals surface area contributed by atoms with E-state index in [1.165, 1.54) is 4.88 Å². The molecule has 2 nitrogen and oxygen atoms in total. The molecule has 2 rings (SSSR count). The van der Waals surface area contributed by atoms with Gasteiger partial charge < -0.3 is 0 Å². The van der Waals surface area contributed by atoms with Crippen LogP contribution >= 0.6 is 43.2 Å². The molecule has 1 aromatic rings. The zero-order valence-electron chi connectivity index (χ0n) is 9.94. The molecular formula is C12H16Br2O2S2. The zero-order chi connectivity index (χ0) is 13.2. The zero-order valence-corrected chi connectivity index (χ0v) is 14.7. The molecule has 0 saturated carbocycles. The fourth-order valence-electron chi connectivity index (χ4n) is 2.53. The molecule has 0 radical (unpaired) electrons. The molecule has 1 unspecified atom stereocenters. The number of alkyl halides is 2. The van der Waals surface area contributed by atoms with Crippen LogP contribution in [0.25, 0.3) is 0 Å². The highest BCUT2D eigenvalue weighted by Gasteiger charge is 2.43. The Bertz CT molecular complexity index is 478. The summed E-state index contributed by atoms with van der Waals surface area (Å²) in [6.45, 7) is 0. The maximum Gasteiger partial charge on any atom is 0.150 e. The van der Waals surface area contributed by atoms with Crippen molar-refractivity contribution < 1.29 is 8.42 Å². The van der Waals surface area contributed by atoms with Gasteiger partial charge in [-0.2, -0.15) is 0 Å². The molecule has 1 saturated heterocycles. The van der Waals surface area contributed by atoms with Crippen molar-refractivity contribution in [1.29, 1.82) is 0 Å². The fourth-order valence-corrected chi connectivity index (χ4v) is 7.58. The molecule has 0 amide bonds. The lowest BCUT2D eigenvalue weighted by Gasteiger charge is -2.35. The molecule has 1 fully saturated rings. The van der Waals surface area contributed by atoms with Crippen LogP contribution in [0.4, 0.5) is 0 Å². The number of sulfone groups is 1. The molecule has 1 aliphatic rings. The Hall–Kier alpha value is 0.610. The van der Waals surface area contributed by atoms with E-state index in [1.807, 2.05) is 0 Å². The Balaban J connectivity index is 2.21. The van der Waals surface area contributed by atoms with Gasteiger partial charge >= 0.3 is 0 Å². The number of hydrogen-bond donors (Lipinski definition) is 0. The molecule has 0 spiro atoms. The van der Waals surface area contributed by atoms with Crippen molar-refractivity contribution in [2.45, 2.75) is 12.8 Å². The summed E-state index contributed by atoms with van der Waals surface area (Å²) in [5.74, 6) is 0.947. The molecule has 1 aliphatic heterocycles. The van der Waals surface area contributed by atoms with Gasteiger partial charge in [0.15, 0.2) is 9.84 Å². The van der Waals surface area contributed by atoms with Crippen LogP contribution in [0.5, 0.6) is 0 Å². The summed E-state index contributed by atoms with van der Waals surface area (Å²) >= 11 is 8.96. The quantitative estimate of drug-likeness (QED) is 0.689. The van der Waals surface area contributed by atoms with E-state index in [-0.39, 0.29) is 11.3 Å². The standard InChI is InChI=1S/C12H16Br2O2S2/c13-8-12(9-14,6-11-2-1-4-17-11)10-3-5-18(15,16)7-10/h1-2,4,10H,3,5-9H2. The van der Waals surface area contributed by atoms with E-state index in [9.17, 15) is 8.42 Å². The van der Waals surface area contributed by atoms with Crippen molar-refractivity contribution in [1.82, 2.24) is 0 Å². The second-order valence-electron chi connectivity index (χ2n) is 4.99. The summed E-state index contributed by atoms with van der Waals surface area (Å²) in [4.78, 5) is 1.33. The highest BCUT2D eigenvalue weighted by Crippen LogP contribution is 2.42. The maximum absolute atomic E-state index is 11.7. The number of rotatable bonds is 5. The van der Waals surface area contributed by atoms with Crippen LogP contribution in [-0.4, -0.2) is 30.6 Å². The van der Waals surface area contributed by atoms with E-state index in [1.54, 1.807) is 11.3 Å². The topological polar surface area (TPSA) is 34.1 Å². The maximum atomic E-state index is 11.7. The Morgan fingerprint density at radius 3 is 2.56 bits per heavy atom. The van der Waals surface area contributed by atoms with Crippen LogP contribution in [0, 0.1) is 11.3 Å². The minimum atomic E-state index is -2.82. The highest BCUT2D eigenvalue weighted by molar-refractivity contribution is 9.09. The van der Waals surface area contributed by atoms with Crippen LogP contribution < -0.4 is 0 Å². The molecule has 0 bridgehead atoms. The predicted molar refractivity (Wildman–Crippen MR) is 84.8 cm³/mol. The molecule has 1 aromatic heterocycles. The number of thiophene rings is 1. The third kappa shape index (κ3) is 3.19. The van der Waals surface area contributed by atoms with E-state index in [4.69, 9.17) is 0 Å². The SMILES string of the molecule is O=S1(=O)CCC(C(CBr)(CBr)Cc2cccs2)C1. The van der Waals surface area contributed by atoms with Gasteiger partial charge in [0, 0.05) is 15.5 Å². The first kappa shape index (κ1) is 15.0. The molecular weight excluding hydrogens is 400 g/mol. The van der Waals surface area contributed by atoms with Gasteiger partial charge in [-0.25, -0.2) is 8.42 Å². The van der Waals surface area contributed by atoms with Crippen molar-refractivity contribution in [2.24, 2.45) is 11.3 Å². The highest BCUT2D eigenvalue weighted by atomic mass is 79.9. The van der Waals surface area contributed by atoms with Gasteiger partial charge in [-0.3, -0.25) is 0 Å². The monoisotopic (exact) mass is 414 g/mol. The van der Waals surface area contributed by atoms with Gasteiger partial charge in [0.2, 0.25) is 0 Å². The van der Waals surface area contributed by atoms with E-state index in [0.29, 0.717) is 11.5 Å². The summed E-state index contributed by atoms with van der Waals surface area (Å²) < 4.78 is 23.4. The van der Waals surface area contributed by atoms with E-state index >= 15 is 0 Å². The van der Waals surface area contributed by atoms with Crippen LogP contribution in [-0.2, 0) is 16.3 Å². The number of halogens is 2. The van der Waals surface area contributed by atoms with Crippen LogP contribution in [0.2, 0.25) is 0 Å². The lowest BCUT2D eigenvalue weighted by Crippen LogP contribution is -2.37. The summed E-state index contributed by atoms with van der Waals surface area (Å²) in [5.41, 5.74) is 0.00836. The largest absolute Gasteiger partial charge is 0.229 e. The average molecular weight is 416 g/mol. The van der Waals surface area contributed by atoms with E-state index in [2.05, 4.69) is 49.4 Å². The minimum absolute atomic E-state index is 0.00836. The van der Waals surface area contributed by atoms with Gasteiger partial charge in [-0.1, -0.05) is 37.9 Å². The third-order valence-electron chi connectivity index (χ3n) is 3.74. The van der Waals surface area contributed by atoms with Gasteiger partial charge in [0.25, 0.3) is 0 Å². The fraction of sp³-hybridized carbons (Fsp3) is 0.667. The van der Waals surface area contributed by atoms with E-state index in [0.717, 1.165) is 23.5 Å². The van der Waals surface area contributed by atoms with Gasteiger partial charge in [-0.05, 0) is 35.6 Å². The van der Waals surface area contributed by atoms with Crippen molar-refractivity contribution >= 4 is 53.0 Å². The predicted octanol–water partition coefficient (Wildman–Crippen LogP) is 3.50. The van der Waals surface area contributed by atoms with Gasteiger partial charge in [-0.15, -0.1) is 11.3 Å². The molecule has 102 valence electrons. The molecule has 0 aromatic carbocycles. The van der Waals surface area contributed by atoms with Crippen LogP contribution in [0.1, 0.15) is 11.3 Å². The lowest BCUT2D eigenvalue weighted by molar-refractivity contribution is 0.255. The molecule has 0 aliphatic carbocycles. The Labute approximate surface area is 129 Å². The molecule has 0 N–H and O–H groups in total. The number of hydrogen-bond acceptors (Lipinski definition) is 3. The second-order valence-corrected chi connectivity index (χ2v) is 9.37.